The summed E-state index contributed by atoms with van der Waals surface area (Å²) in [4.78, 5) is 14.9. The first kappa shape index (κ1) is 12.1. The summed E-state index contributed by atoms with van der Waals surface area (Å²) in [5.74, 6) is 0.191. The molecule has 1 unspecified atom stereocenters. The van der Waals surface area contributed by atoms with Gasteiger partial charge in [0.05, 0.1) is 10.9 Å². The average Bonchev–Trinajstić information content (AvgIpc) is 3.17. The number of fused-ring (bicyclic) bond motifs is 1. The fourth-order valence-electron chi connectivity index (χ4n) is 2.22. The zero-order valence-corrected chi connectivity index (χ0v) is 11.6. The molecule has 3 nitrogen and oxygen atoms in total. The van der Waals surface area contributed by atoms with E-state index in [0.717, 1.165) is 18.3 Å². The molecule has 2 aliphatic rings. The van der Waals surface area contributed by atoms with Gasteiger partial charge in [-0.25, -0.2) is 0 Å². The molecule has 3 rings (SSSR count). The Labute approximate surface area is 112 Å². The van der Waals surface area contributed by atoms with Crippen molar-refractivity contribution in [1.29, 1.82) is 0 Å². The van der Waals surface area contributed by atoms with Crippen LogP contribution in [0.1, 0.15) is 25.3 Å². The number of carbonyl (C=O) groups excluding carboxylic acids is 1. The quantitative estimate of drug-likeness (QED) is 0.908. The zero-order chi connectivity index (χ0) is 12.7. The van der Waals surface area contributed by atoms with Gasteiger partial charge >= 0.3 is 0 Å². The van der Waals surface area contributed by atoms with E-state index in [-0.39, 0.29) is 11.2 Å². The summed E-state index contributed by atoms with van der Waals surface area (Å²) in [6, 6.07) is 7.14. The molecule has 1 atom stereocenters. The minimum atomic E-state index is 0.0224. The highest BCUT2D eigenvalue weighted by Gasteiger charge is 2.28. The fraction of sp³-hybridized carbons (Fsp3) is 0.500. The number of nitrogens with zero attached hydrogens (tertiary/aromatic N) is 1. The Balaban J connectivity index is 1.81. The Hall–Kier alpha value is -1.00. The largest absolute Gasteiger partial charge is 0.313 e. The van der Waals surface area contributed by atoms with E-state index in [1.54, 1.807) is 16.7 Å². The molecule has 1 N–H and O–H groups in total. The molecule has 96 valence electrons. The lowest BCUT2D eigenvalue weighted by molar-refractivity contribution is -0.117. The van der Waals surface area contributed by atoms with Gasteiger partial charge in [0.2, 0.25) is 5.91 Å². The van der Waals surface area contributed by atoms with Crippen LogP contribution in [0.4, 0.5) is 5.69 Å². The smallest absolute Gasteiger partial charge is 0.239 e. The first-order valence-electron chi connectivity index (χ1n) is 6.45. The SMILES string of the molecule is CC1Sc2cc(CNC3CC3)ccc2N(C)C1=O. The van der Waals surface area contributed by atoms with Crippen molar-refractivity contribution in [2.45, 2.75) is 42.5 Å². The lowest BCUT2D eigenvalue weighted by atomic mass is 10.2. The lowest BCUT2D eigenvalue weighted by Crippen LogP contribution is -2.36. The van der Waals surface area contributed by atoms with Crippen LogP contribution in [-0.2, 0) is 11.3 Å². The maximum absolute atomic E-state index is 11.9. The van der Waals surface area contributed by atoms with Crippen molar-refractivity contribution < 1.29 is 4.79 Å². The zero-order valence-electron chi connectivity index (χ0n) is 10.8. The standard InChI is InChI=1S/C14H18N2OS/c1-9-14(17)16(2)12-6-3-10(7-13(12)18-9)8-15-11-4-5-11/h3,6-7,9,11,15H,4-5,8H2,1-2H3. The minimum absolute atomic E-state index is 0.0224. The molecule has 18 heavy (non-hydrogen) atoms. The van der Waals surface area contributed by atoms with Gasteiger partial charge < -0.3 is 10.2 Å². The average molecular weight is 262 g/mol. The van der Waals surface area contributed by atoms with E-state index in [4.69, 9.17) is 0 Å². The van der Waals surface area contributed by atoms with Gasteiger partial charge in [0.1, 0.15) is 0 Å². The highest BCUT2D eigenvalue weighted by atomic mass is 32.2. The number of hydrogen-bond donors (Lipinski definition) is 1. The van der Waals surface area contributed by atoms with Crippen molar-refractivity contribution in [3.63, 3.8) is 0 Å². The summed E-state index contributed by atoms with van der Waals surface area (Å²) in [5, 5.41) is 3.54. The highest BCUT2D eigenvalue weighted by molar-refractivity contribution is 8.00. The molecule has 4 heteroatoms. The topological polar surface area (TPSA) is 32.3 Å². The van der Waals surface area contributed by atoms with E-state index in [2.05, 4.69) is 23.5 Å². The first-order valence-corrected chi connectivity index (χ1v) is 7.33. The summed E-state index contributed by atoms with van der Waals surface area (Å²) in [5.41, 5.74) is 2.35. The Bertz CT molecular complexity index is 485. The number of amides is 1. The minimum Gasteiger partial charge on any atom is -0.313 e. The monoisotopic (exact) mass is 262 g/mol. The van der Waals surface area contributed by atoms with Crippen LogP contribution < -0.4 is 10.2 Å². The Morgan fingerprint density at radius 3 is 2.94 bits per heavy atom. The Morgan fingerprint density at radius 1 is 1.44 bits per heavy atom. The highest BCUT2D eigenvalue weighted by Crippen LogP contribution is 2.38. The van der Waals surface area contributed by atoms with Gasteiger partial charge in [-0.1, -0.05) is 6.07 Å². The van der Waals surface area contributed by atoms with Crippen molar-refractivity contribution in [3.05, 3.63) is 23.8 Å². The van der Waals surface area contributed by atoms with E-state index in [1.165, 1.54) is 23.3 Å². The van der Waals surface area contributed by atoms with Crippen LogP contribution in [-0.4, -0.2) is 24.2 Å². The van der Waals surface area contributed by atoms with Crippen molar-refractivity contribution >= 4 is 23.4 Å². The number of anilines is 1. The Kier molecular flexibility index (Phi) is 3.08. The molecule has 1 amide bonds. The molecular weight excluding hydrogens is 244 g/mol. The predicted molar refractivity (Wildman–Crippen MR) is 75.0 cm³/mol. The maximum Gasteiger partial charge on any atom is 0.239 e. The second-order valence-corrected chi connectivity index (χ2v) is 6.50. The summed E-state index contributed by atoms with van der Waals surface area (Å²) in [6.07, 6.45) is 2.63. The van der Waals surface area contributed by atoms with Crippen LogP contribution in [0, 0.1) is 0 Å². The molecule has 1 saturated carbocycles. The second-order valence-electron chi connectivity index (χ2n) is 5.11. The number of nitrogens with one attached hydrogen (secondary N) is 1. The molecule has 1 aromatic carbocycles. The fourth-order valence-corrected chi connectivity index (χ4v) is 3.41. The van der Waals surface area contributed by atoms with Crippen LogP contribution in [0.5, 0.6) is 0 Å². The van der Waals surface area contributed by atoms with Gasteiger partial charge in [-0.15, -0.1) is 11.8 Å². The predicted octanol–water partition coefficient (Wildman–Crippen LogP) is 2.40. The third kappa shape index (κ3) is 2.27. The molecule has 1 fully saturated rings. The van der Waals surface area contributed by atoms with Crippen molar-refractivity contribution in [1.82, 2.24) is 5.32 Å². The molecule has 1 aliphatic heterocycles. The van der Waals surface area contributed by atoms with Crippen molar-refractivity contribution in [2.75, 3.05) is 11.9 Å². The van der Waals surface area contributed by atoms with Gasteiger partial charge in [0, 0.05) is 24.5 Å². The third-order valence-corrected chi connectivity index (χ3v) is 4.68. The molecule has 0 radical (unpaired) electrons. The maximum atomic E-state index is 11.9. The van der Waals surface area contributed by atoms with Crippen LogP contribution >= 0.6 is 11.8 Å². The first-order chi connectivity index (χ1) is 8.65. The number of carbonyl (C=O) groups is 1. The van der Waals surface area contributed by atoms with E-state index < -0.39 is 0 Å². The number of rotatable bonds is 3. The third-order valence-electron chi connectivity index (χ3n) is 3.54. The summed E-state index contributed by atoms with van der Waals surface area (Å²) in [6.45, 7) is 2.91. The molecule has 0 aromatic heterocycles. The molecule has 1 aliphatic carbocycles. The molecule has 0 bridgehead atoms. The molecular formula is C14H18N2OS. The molecule has 1 heterocycles. The number of thioether (sulfide) groups is 1. The summed E-state index contributed by atoms with van der Waals surface area (Å²) in [7, 11) is 1.86. The van der Waals surface area contributed by atoms with E-state index in [0.29, 0.717) is 0 Å². The molecule has 0 spiro atoms. The van der Waals surface area contributed by atoms with Gasteiger partial charge in [0.25, 0.3) is 0 Å². The normalized spacial score (nSPS) is 23.1. The van der Waals surface area contributed by atoms with Crippen LogP contribution in [0.3, 0.4) is 0 Å². The van der Waals surface area contributed by atoms with Crippen molar-refractivity contribution in [3.8, 4) is 0 Å². The number of hydrogen-bond acceptors (Lipinski definition) is 3. The van der Waals surface area contributed by atoms with E-state index in [1.807, 2.05) is 14.0 Å². The van der Waals surface area contributed by atoms with Crippen LogP contribution in [0.25, 0.3) is 0 Å². The van der Waals surface area contributed by atoms with Gasteiger partial charge in [-0.05, 0) is 37.5 Å². The van der Waals surface area contributed by atoms with Crippen molar-refractivity contribution in [2.24, 2.45) is 0 Å². The summed E-state index contributed by atoms with van der Waals surface area (Å²) >= 11 is 1.67. The van der Waals surface area contributed by atoms with Crippen LogP contribution in [0.15, 0.2) is 23.1 Å². The van der Waals surface area contributed by atoms with Gasteiger partial charge in [-0.3, -0.25) is 4.79 Å². The lowest BCUT2D eigenvalue weighted by Gasteiger charge is -2.29. The molecule has 0 saturated heterocycles. The summed E-state index contributed by atoms with van der Waals surface area (Å²) < 4.78 is 0. The van der Waals surface area contributed by atoms with Gasteiger partial charge in [0.15, 0.2) is 0 Å². The van der Waals surface area contributed by atoms with E-state index >= 15 is 0 Å². The Morgan fingerprint density at radius 2 is 2.22 bits per heavy atom. The molecule has 1 aromatic rings. The second kappa shape index (κ2) is 4.59. The van der Waals surface area contributed by atoms with E-state index in [9.17, 15) is 4.79 Å². The van der Waals surface area contributed by atoms with Gasteiger partial charge in [-0.2, -0.15) is 0 Å². The van der Waals surface area contributed by atoms with Crippen LogP contribution in [0.2, 0.25) is 0 Å². The number of benzene rings is 1.